The fourth-order valence-corrected chi connectivity index (χ4v) is 2.97. The van der Waals surface area contributed by atoms with Crippen LogP contribution in [0.25, 0.3) is 0 Å². The monoisotopic (exact) mass is 204 g/mol. The van der Waals surface area contributed by atoms with E-state index in [-0.39, 0.29) is 5.78 Å². The summed E-state index contributed by atoms with van der Waals surface area (Å²) in [6.45, 7) is 6.26. The summed E-state index contributed by atoms with van der Waals surface area (Å²) in [6, 6.07) is 0. The first-order valence-electron chi connectivity index (χ1n) is 5.98. The van der Waals surface area contributed by atoms with Gasteiger partial charge in [0.15, 0.2) is 5.78 Å². The van der Waals surface area contributed by atoms with Gasteiger partial charge in [0.25, 0.3) is 0 Å². The Bertz CT molecular complexity index is 346. The Morgan fingerprint density at radius 1 is 1.47 bits per heavy atom. The lowest BCUT2D eigenvalue weighted by Gasteiger charge is -2.19. The SMILES string of the molecule is CC(=O)C1=CC[C@H](C)[C@@H]2CCC(C)=C2C1. The van der Waals surface area contributed by atoms with Crippen LogP contribution in [-0.4, -0.2) is 5.78 Å². The molecule has 0 bridgehead atoms. The number of fused-ring (bicyclic) bond motifs is 1. The lowest BCUT2D eigenvalue weighted by Crippen LogP contribution is -2.09. The van der Waals surface area contributed by atoms with E-state index in [1.165, 1.54) is 12.8 Å². The van der Waals surface area contributed by atoms with E-state index in [1.54, 1.807) is 18.1 Å². The van der Waals surface area contributed by atoms with Crippen LogP contribution in [0.5, 0.6) is 0 Å². The lowest BCUT2D eigenvalue weighted by molar-refractivity contribution is -0.113. The van der Waals surface area contributed by atoms with Crippen molar-refractivity contribution in [3.8, 4) is 0 Å². The maximum Gasteiger partial charge on any atom is 0.155 e. The Balaban J connectivity index is 2.31. The Hall–Kier alpha value is -0.850. The molecule has 0 saturated heterocycles. The second kappa shape index (κ2) is 3.96. The van der Waals surface area contributed by atoms with Gasteiger partial charge in [0.05, 0.1) is 0 Å². The molecule has 1 nitrogen and oxygen atoms in total. The average Bonchev–Trinajstić information content (AvgIpc) is 2.43. The molecule has 0 saturated carbocycles. The minimum absolute atomic E-state index is 0.259. The van der Waals surface area contributed by atoms with Crippen molar-refractivity contribution in [2.24, 2.45) is 11.8 Å². The van der Waals surface area contributed by atoms with Crippen molar-refractivity contribution in [3.63, 3.8) is 0 Å². The van der Waals surface area contributed by atoms with Crippen LogP contribution in [-0.2, 0) is 4.79 Å². The zero-order valence-electron chi connectivity index (χ0n) is 9.97. The highest BCUT2D eigenvalue weighted by atomic mass is 16.1. The predicted octanol–water partition coefficient (Wildman–Crippen LogP) is 3.66. The van der Waals surface area contributed by atoms with Gasteiger partial charge in [-0.25, -0.2) is 0 Å². The summed E-state index contributed by atoms with van der Waals surface area (Å²) in [7, 11) is 0. The van der Waals surface area contributed by atoms with Gasteiger partial charge in [0, 0.05) is 0 Å². The van der Waals surface area contributed by atoms with Gasteiger partial charge < -0.3 is 0 Å². The maximum absolute atomic E-state index is 11.5. The van der Waals surface area contributed by atoms with Crippen molar-refractivity contribution >= 4 is 5.78 Å². The lowest BCUT2D eigenvalue weighted by atomic mass is 9.86. The third-order valence-corrected chi connectivity index (χ3v) is 4.08. The molecule has 0 spiro atoms. The molecule has 15 heavy (non-hydrogen) atoms. The standard InChI is InChI=1S/C14H20O/c1-9-4-6-12(11(3)15)8-14-10(2)5-7-13(9)14/h6,9,13H,4-5,7-8H2,1-3H3/t9-,13-/m0/s1. The second-order valence-electron chi connectivity index (χ2n) is 5.13. The molecule has 0 amide bonds. The molecule has 0 radical (unpaired) electrons. The molecule has 2 aliphatic rings. The summed E-state index contributed by atoms with van der Waals surface area (Å²) in [5.74, 6) is 1.72. The molecule has 0 fully saturated rings. The first-order valence-corrected chi connectivity index (χ1v) is 5.98. The number of hydrogen-bond donors (Lipinski definition) is 0. The van der Waals surface area contributed by atoms with Crippen LogP contribution in [0.1, 0.15) is 46.5 Å². The fourth-order valence-electron chi connectivity index (χ4n) is 2.97. The predicted molar refractivity (Wildman–Crippen MR) is 62.6 cm³/mol. The van der Waals surface area contributed by atoms with E-state index >= 15 is 0 Å². The molecular formula is C14H20O. The maximum atomic E-state index is 11.5. The second-order valence-corrected chi connectivity index (χ2v) is 5.13. The summed E-state index contributed by atoms with van der Waals surface area (Å²) in [6.07, 6.45) is 6.73. The molecule has 2 rings (SSSR count). The number of carbonyl (C=O) groups is 1. The molecule has 0 aromatic heterocycles. The number of ketones is 1. The molecule has 0 unspecified atom stereocenters. The van der Waals surface area contributed by atoms with Crippen molar-refractivity contribution < 1.29 is 4.79 Å². The van der Waals surface area contributed by atoms with Crippen LogP contribution < -0.4 is 0 Å². The van der Waals surface area contributed by atoms with E-state index in [0.717, 1.165) is 24.3 Å². The molecule has 0 N–H and O–H groups in total. The summed E-state index contributed by atoms with van der Waals surface area (Å²) in [5.41, 5.74) is 4.16. The van der Waals surface area contributed by atoms with E-state index in [4.69, 9.17) is 0 Å². The minimum atomic E-state index is 0.259. The van der Waals surface area contributed by atoms with Crippen LogP contribution in [0, 0.1) is 11.8 Å². The van der Waals surface area contributed by atoms with E-state index in [0.29, 0.717) is 5.92 Å². The van der Waals surface area contributed by atoms with Crippen molar-refractivity contribution in [3.05, 3.63) is 22.8 Å². The first-order chi connectivity index (χ1) is 7.09. The van der Waals surface area contributed by atoms with Crippen LogP contribution in [0.4, 0.5) is 0 Å². The molecule has 82 valence electrons. The molecule has 0 heterocycles. The Kier molecular flexibility index (Phi) is 2.81. The molecule has 1 heteroatoms. The number of rotatable bonds is 1. The van der Waals surface area contributed by atoms with Gasteiger partial charge in [-0.1, -0.05) is 24.1 Å². The van der Waals surface area contributed by atoms with Crippen molar-refractivity contribution in [1.29, 1.82) is 0 Å². The number of hydrogen-bond acceptors (Lipinski definition) is 1. The third kappa shape index (κ3) is 1.92. The summed E-state index contributed by atoms with van der Waals surface area (Å²) < 4.78 is 0. The van der Waals surface area contributed by atoms with Gasteiger partial charge in [-0.3, -0.25) is 4.79 Å². The summed E-state index contributed by atoms with van der Waals surface area (Å²) >= 11 is 0. The zero-order valence-corrected chi connectivity index (χ0v) is 9.97. The van der Waals surface area contributed by atoms with E-state index in [9.17, 15) is 4.79 Å². The zero-order chi connectivity index (χ0) is 11.0. The van der Waals surface area contributed by atoms with Gasteiger partial charge in [-0.05, 0) is 56.9 Å². The van der Waals surface area contributed by atoms with Crippen molar-refractivity contribution in [2.45, 2.75) is 46.5 Å². The molecule has 2 aliphatic carbocycles. The molecule has 0 aliphatic heterocycles. The van der Waals surface area contributed by atoms with Crippen molar-refractivity contribution in [2.75, 3.05) is 0 Å². The summed E-state index contributed by atoms with van der Waals surface area (Å²) in [4.78, 5) is 11.5. The van der Waals surface area contributed by atoms with Gasteiger partial charge in [0.1, 0.15) is 0 Å². The highest BCUT2D eigenvalue weighted by Crippen LogP contribution is 2.43. The quantitative estimate of drug-likeness (QED) is 0.596. The van der Waals surface area contributed by atoms with E-state index in [1.807, 2.05) is 0 Å². The summed E-state index contributed by atoms with van der Waals surface area (Å²) in [5, 5.41) is 0. The van der Waals surface area contributed by atoms with Gasteiger partial charge >= 0.3 is 0 Å². The Labute approximate surface area is 92.3 Å². The largest absolute Gasteiger partial charge is 0.295 e. The number of allylic oxidation sites excluding steroid dienone is 4. The normalized spacial score (nSPS) is 31.0. The molecular weight excluding hydrogens is 184 g/mol. The van der Waals surface area contributed by atoms with Gasteiger partial charge in [0.2, 0.25) is 0 Å². The topological polar surface area (TPSA) is 17.1 Å². The molecule has 0 aromatic rings. The van der Waals surface area contributed by atoms with Gasteiger partial charge in [-0.15, -0.1) is 0 Å². The van der Waals surface area contributed by atoms with Crippen LogP contribution in [0.15, 0.2) is 22.8 Å². The van der Waals surface area contributed by atoms with E-state index in [2.05, 4.69) is 19.9 Å². The van der Waals surface area contributed by atoms with E-state index < -0.39 is 0 Å². The fraction of sp³-hybridized carbons (Fsp3) is 0.643. The van der Waals surface area contributed by atoms with Crippen LogP contribution in [0.2, 0.25) is 0 Å². The van der Waals surface area contributed by atoms with Crippen molar-refractivity contribution in [1.82, 2.24) is 0 Å². The average molecular weight is 204 g/mol. The highest BCUT2D eigenvalue weighted by Gasteiger charge is 2.30. The number of Topliss-reactive ketones (excluding diaryl/α,β-unsaturated/α-hetero) is 1. The first kappa shape index (κ1) is 10.7. The van der Waals surface area contributed by atoms with Crippen LogP contribution in [0.3, 0.4) is 0 Å². The Morgan fingerprint density at radius 2 is 2.20 bits per heavy atom. The Morgan fingerprint density at radius 3 is 2.87 bits per heavy atom. The minimum Gasteiger partial charge on any atom is -0.295 e. The smallest absolute Gasteiger partial charge is 0.155 e. The molecule has 0 aromatic carbocycles. The van der Waals surface area contributed by atoms with Gasteiger partial charge in [-0.2, -0.15) is 0 Å². The third-order valence-electron chi connectivity index (χ3n) is 4.08. The highest BCUT2D eigenvalue weighted by molar-refractivity contribution is 5.93. The molecule has 2 atom stereocenters. The van der Waals surface area contributed by atoms with Crippen LogP contribution >= 0.6 is 0 Å². The number of carbonyl (C=O) groups excluding carboxylic acids is 1.